The van der Waals surface area contributed by atoms with Crippen molar-refractivity contribution in [3.05, 3.63) is 223 Å². The van der Waals surface area contributed by atoms with E-state index in [4.69, 9.17) is 0 Å². The molecule has 2 unspecified atom stereocenters. The molecular weight excluding hydrogens is 870 g/mol. The number of para-hydroxylation sites is 3. The van der Waals surface area contributed by atoms with Crippen molar-refractivity contribution >= 4 is 90.1 Å². The summed E-state index contributed by atoms with van der Waals surface area (Å²) >= 11 is 0. The van der Waals surface area contributed by atoms with E-state index in [0.29, 0.717) is 0 Å². The first-order valence-corrected chi connectivity index (χ1v) is 26.2. The molecule has 72 heavy (non-hydrogen) atoms. The van der Waals surface area contributed by atoms with Gasteiger partial charge in [-0.15, -0.1) is 0 Å². The van der Waals surface area contributed by atoms with E-state index in [-0.39, 0.29) is 23.1 Å². The van der Waals surface area contributed by atoms with Crippen molar-refractivity contribution in [2.75, 3.05) is 14.7 Å². The predicted molar refractivity (Wildman–Crippen MR) is 308 cm³/mol. The molecule has 10 aromatic carbocycles. The first-order valence-electron chi connectivity index (χ1n) is 26.2. The van der Waals surface area contributed by atoms with Crippen molar-refractivity contribution in [3.63, 3.8) is 0 Å². The highest BCUT2D eigenvalue weighted by molar-refractivity contribution is 7.00. The molecule has 10 aromatic rings. The third kappa shape index (κ3) is 6.17. The van der Waals surface area contributed by atoms with Gasteiger partial charge in [-0.2, -0.15) is 0 Å². The fourth-order valence-electron chi connectivity index (χ4n) is 13.8. The van der Waals surface area contributed by atoms with Crippen molar-refractivity contribution < 1.29 is 0 Å². The molecule has 2 atom stereocenters. The second-order valence-electron chi connectivity index (χ2n) is 22.4. The molecule has 348 valence electrons. The Labute approximate surface area is 425 Å². The minimum atomic E-state index is -0.0843. The molecule has 3 heterocycles. The van der Waals surface area contributed by atoms with Crippen molar-refractivity contribution in [1.82, 2.24) is 0 Å². The van der Waals surface area contributed by atoms with Crippen LogP contribution in [0.1, 0.15) is 71.4 Å². The van der Waals surface area contributed by atoms with Gasteiger partial charge >= 0.3 is 0 Å². The lowest BCUT2D eigenvalue weighted by atomic mass is 9.33. The van der Waals surface area contributed by atoms with Gasteiger partial charge in [0.15, 0.2) is 0 Å². The normalized spacial score (nSPS) is 18.4. The molecular formula is C68H58BN3. The van der Waals surface area contributed by atoms with Crippen molar-refractivity contribution in [1.29, 1.82) is 0 Å². The summed E-state index contributed by atoms with van der Waals surface area (Å²) in [5.41, 5.74) is 21.7. The fraction of sp³-hybridized carbons (Fsp3) is 0.176. The summed E-state index contributed by atoms with van der Waals surface area (Å²) in [6.45, 7) is 12.4. The summed E-state index contributed by atoms with van der Waals surface area (Å²) in [6, 6.07) is 80.2. The minimum absolute atomic E-state index is 0.0407. The monoisotopic (exact) mass is 927 g/mol. The van der Waals surface area contributed by atoms with Crippen LogP contribution in [0.15, 0.2) is 212 Å². The summed E-state index contributed by atoms with van der Waals surface area (Å²) in [6.07, 6.45) is 4.90. The predicted octanol–water partition coefficient (Wildman–Crippen LogP) is 16.4. The zero-order valence-electron chi connectivity index (χ0n) is 42.0. The molecule has 0 N–H and O–H groups in total. The second kappa shape index (κ2) is 15.8. The minimum Gasteiger partial charge on any atom is -0.335 e. The zero-order chi connectivity index (χ0) is 48.5. The molecule has 0 spiro atoms. The Kier molecular flexibility index (Phi) is 9.46. The Morgan fingerprint density at radius 3 is 1.92 bits per heavy atom. The molecule has 0 amide bonds. The maximum absolute atomic E-state index is 2.86. The number of hydrogen-bond acceptors (Lipinski definition) is 3. The summed E-state index contributed by atoms with van der Waals surface area (Å²) in [5.74, 6) is 0. The highest BCUT2D eigenvalue weighted by atomic mass is 15.3. The van der Waals surface area contributed by atoms with Gasteiger partial charge in [-0.05, 0) is 146 Å². The molecule has 3 aliphatic heterocycles. The number of nitrogens with zero attached hydrogens (tertiary/aromatic N) is 3. The van der Waals surface area contributed by atoms with E-state index in [9.17, 15) is 0 Å². The molecule has 4 heteroatoms. The van der Waals surface area contributed by atoms with Gasteiger partial charge in [0.05, 0.1) is 11.2 Å². The van der Waals surface area contributed by atoms with Crippen LogP contribution in [0.3, 0.4) is 0 Å². The van der Waals surface area contributed by atoms with Crippen LogP contribution in [0.5, 0.6) is 0 Å². The zero-order valence-corrected chi connectivity index (χ0v) is 42.0. The van der Waals surface area contributed by atoms with Crippen LogP contribution in [0.25, 0.3) is 43.8 Å². The Bertz CT molecular complexity index is 3820. The smallest absolute Gasteiger partial charge is 0.252 e. The summed E-state index contributed by atoms with van der Waals surface area (Å²) in [7, 11) is 0. The van der Waals surface area contributed by atoms with E-state index in [1.165, 1.54) is 120 Å². The van der Waals surface area contributed by atoms with Gasteiger partial charge in [0.25, 0.3) is 6.71 Å². The Morgan fingerprint density at radius 1 is 0.500 bits per heavy atom. The van der Waals surface area contributed by atoms with Gasteiger partial charge in [0, 0.05) is 50.8 Å². The van der Waals surface area contributed by atoms with Crippen LogP contribution in [-0.4, -0.2) is 12.3 Å². The quantitative estimate of drug-likeness (QED) is 0.154. The van der Waals surface area contributed by atoms with Gasteiger partial charge in [0.1, 0.15) is 0 Å². The first kappa shape index (κ1) is 43.0. The Balaban J connectivity index is 1.05. The van der Waals surface area contributed by atoms with Gasteiger partial charge in [0.2, 0.25) is 0 Å². The molecule has 0 radical (unpaired) electrons. The average Bonchev–Trinajstić information content (AvgIpc) is 3.63. The lowest BCUT2D eigenvalue weighted by molar-refractivity contribution is 0.195. The van der Waals surface area contributed by atoms with Crippen LogP contribution in [0.2, 0.25) is 0 Å². The number of fused-ring (bicyclic) bond motifs is 9. The lowest BCUT2D eigenvalue weighted by Gasteiger charge is -2.53. The van der Waals surface area contributed by atoms with E-state index in [0.717, 1.165) is 22.7 Å². The highest BCUT2D eigenvalue weighted by Crippen LogP contribution is 2.62. The van der Waals surface area contributed by atoms with Gasteiger partial charge in [-0.1, -0.05) is 198 Å². The van der Waals surface area contributed by atoms with E-state index < -0.39 is 0 Å². The van der Waals surface area contributed by atoms with Crippen molar-refractivity contribution in [2.45, 2.75) is 76.7 Å². The summed E-state index contributed by atoms with van der Waals surface area (Å²) in [4.78, 5) is 7.99. The fourth-order valence-corrected chi connectivity index (χ4v) is 13.8. The lowest BCUT2D eigenvalue weighted by Crippen LogP contribution is -2.64. The SMILES string of the molecule is CC(C)(C)c1cc2c3c(c1)N1c4c(cccc4C4(C)CCCCC14C)B3c1ccc(N(c3cccc(-c4cccc5ccccc45)c3)c3ccccc3-c3cccc4ccccc34)cc1N2c1ccccc1. The van der Waals surface area contributed by atoms with Gasteiger partial charge in [-0.25, -0.2) is 0 Å². The molecule has 1 saturated carbocycles. The van der Waals surface area contributed by atoms with Crippen molar-refractivity contribution in [3.8, 4) is 22.3 Å². The van der Waals surface area contributed by atoms with Crippen LogP contribution in [0.4, 0.5) is 45.5 Å². The molecule has 1 fully saturated rings. The standard InChI is InChI=1S/C68H58BN3/c1-66(2,3)48-42-62-64-63(43-48)72-65-57(67(4)39-15-16-40-68(67,72)5)34-20-35-59(65)69(64)58-38-37-51(44-61(58)71(62)49-26-7-6-8-27-49)70(50-28-17-25-47(41-50)54-32-18-23-45-21-9-11-29-52(45)54)60-36-14-13-31-56(60)55-33-19-24-46-22-10-12-30-53(46)55/h6-14,17-38,41-44H,15-16,39-40H2,1-5H3. The van der Waals surface area contributed by atoms with Crippen LogP contribution in [0, 0.1) is 0 Å². The topological polar surface area (TPSA) is 9.72 Å². The number of rotatable bonds is 6. The van der Waals surface area contributed by atoms with Gasteiger partial charge < -0.3 is 14.7 Å². The molecule has 0 bridgehead atoms. The number of hydrogen-bond donors (Lipinski definition) is 0. The van der Waals surface area contributed by atoms with Crippen LogP contribution >= 0.6 is 0 Å². The average molecular weight is 928 g/mol. The van der Waals surface area contributed by atoms with E-state index >= 15 is 0 Å². The highest BCUT2D eigenvalue weighted by Gasteiger charge is 2.61. The third-order valence-corrected chi connectivity index (χ3v) is 17.5. The Morgan fingerprint density at radius 2 is 1.12 bits per heavy atom. The molecule has 1 aliphatic carbocycles. The maximum atomic E-state index is 2.86. The summed E-state index contributed by atoms with van der Waals surface area (Å²) in [5, 5.41) is 4.96. The first-order chi connectivity index (χ1) is 35.1. The van der Waals surface area contributed by atoms with Crippen LogP contribution < -0.4 is 31.1 Å². The maximum Gasteiger partial charge on any atom is 0.252 e. The van der Waals surface area contributed by atoms with E-state index in [1.807, 2.05) is 0 Å². The van der Waals surface area contributed by atoms with Crippen LogP contribution in [-0.2, 0) is 10.8 Å². The van der Waals surface area contributed by atoms with Crippen molar-refractivity contribution in [2.24, 2.45) is 0 Å². The largest absolute Gasteiger partial charge is 0.335 e. The Hall–Kier alpha value is -7.82. The van der Waals surface area contributed by atoms with E-state index in [2.05, 4.69) is 262 Å². The summed E-state index contributed by atoms with van der Waals surface area (Å²) < 4.78 is 0. The molecule has 0 saturated heterocycles. The number of anilines is 8. The van der Waals surface area contributed by atoms with E-state index in [1.54, 1.807) is 0 Å². The number of benzene rings is 10. The molecule has 0 aromatic heterocycles. The molecule has 4 aliphatic rings. The molecule has 14 rings (SSSR count). The third-order valence-electron chi connectivity index (χ3n) is 17.5. The van der Waals surface area contributed by atoms with Gasteiger partial charge in [-0.3, -0.25) is 0 Å². The second-order valence-corrected chi connectivity index (χ2v) is 22.4. The molecule has 3 nitrogen and oxygen atoms in total.